The fourth-order valence-electron chi connectivity index (χ4n) is 0.874. The Morgan fingerprint density at radius 1 is 1.64 bits per heavy atom. The van der Waals surface area contributed by atoms with Crippen LogP contribution in [0.5, 0.6) is 0 Å². The fourth-order valence-corrected chi connectivity index (χ4v) is 0.874. The summed E-state index contributed by atoms with van der Waals surface area (Å²) in [5.74, 6) is 0. The molecule has 0 amide bonds. The van der Waals surface area contributed by atoms with Crippen LogP contribution in [0, 0.1) is 6.92 Å². The van der Waals surface area contributed by atoms with Crippen LogP contribution < -0.4 is 5.32 Å². The predicted molar refractivity (Wildman–Crippen MR) is 43.9 cm³/mol. The third-order valence-electron chi connectivity index (χ3n) is 1.51. The molecule has 0 aliphatic carbocycles. The van der Waals surface area contributed by atoms with Crippen LogP contribution in [0.25, 0.3) is 0 Å². The molecule has 58 valence electrons. The number of nitrogens with one attached hydrogen (secondary N) is 1. The molecular weight excluding hydrogens is 140 g/mol. The second kappa shape index (κ2) is 3.14. The second-order valence-corrected chi connectivity index (χ2v) is 2.29. The summed E-state index contributed by atoms with van der Waals surface area (Å²) in [6.45, 7) is 1.94. The monoisotopic (exact) mass is 150 g/mol. The lowest BCUT2D eigenvalue weighted by Crippen LogP contribution is -1.95. The van der Waals surface area contributed by atoms with Gasteiger partial charge in [0, 0.05) is 18.9 Å². The van der Waals surface area contributed by atoms with E-state index in [2.05, 4.69) is 10.3 Å². The van der Waals surface area contributed by atoms with Crippen molar-refractivity contribution in [1.29, 1.82) is 0 Å². The first-order valence-electron chi connectivity index (χ1n) is 3.37. The largest absolute Gasteiger partial charge is 0.388 e. The van der Waals surface area contributed by atoms with Gasteiger partial charge in [0.1, 0.15) is 5.69 Å². The number of pyridine rings is 1. The Bertz CT molecular complexity index is 271. The van der Waals surface area contributed by atoms with Gasteiger partial charge >= 0.3 is 0 Å². The molecule has 0 saturated carbocycles. The number of aromatic nitrogens is 1. The molecule has 0 atom stereocenters. The lowest BCUT2D eigenvalue weighted by molar-refractivity contribution is 0.111. The zero-order valence-corrected chi connectivity index (χ0v) is 6.59. The number of carbonyl (C=O) groups excluding carboxylic acids is 1. The van der Waals surface area contributed by atoms with E-state index in [1.54, 1.807) is 12.3 Å². The number of aldehydes is 1. The van der Waals surface area contributed by atoms with Crippen LogP contribution in [-0.4, -0.2) is 18.3 Å². The van der Waals surface area contributed by atoms with E-state index in [9.17, 15) is 4.79 Å². The number of nitrogens with zero attached hydrogens (tertiary/aromatic N) is 1. The fraction of sp³-hybridized carbons (Fsp3) is 0.250. The molecule has 1 rings (SSSR count). The number of anilines is 1. The van der Waals surface area contributed by atoms with Gasteiger partial charge < -0.3 is 5.32 Å². The zero-order valence-electron chi connectivity index (χ0n) is 6.59. The van der Waals surface area contributed by atoms with Crippen molar-refractivity contribution in [3.05, 3.63) is 23.5 Å². The summed E-state index contributed by atoms with van der Waals surface area (Å²) in [7, 11) is 1.82. The quantitative estimate of drug-likeness (QED) is 0.645. The van der Waals surface area contributed by atoms with E-state index < -0.39 is 0 Å². The van der Waals surface area contributed by atoms with E-state index in [0.29, 0.717) is 5.69 Å². The van der Waals surface area contributed by atoms with Crippen molar-refractivity contribution >= 4 is 12.0 Å². The van der Waals surface area contributed by atoms with E-state index in [1.807, 2.05) is 14.0 Å². The molecular formula is C8H10N2O. The Kier molecular flexibility index (Phi) is 2.21. The molecule has 0 fully saturated rings. The van der Waals surface area contributed by atoms with Crippen LogP contribution in [-0.2, 0) is 0 Å². The van der Waals surface area contributed by atoms with Gasteiger partial charge in [-0.3, -0.25) is 9.78 Å². The molecule has 0 saturated heterocycles. The zero-order chi connectivity index (χ0) is 8.27. The van der Waals surface area contributed by atoms with Gasteiger partial charge in [0.25, 0.3) is 0 Å². The molecule has 3 nitrogen and oxygen atoms in total. The van der Waals surface area contributed by atoms with Crippen molar-refractivity contribution in [3.8, 4) is 0 Å². The molecule has 0 bridgehead atoms. The molecule has 1 heterocycles. The Labute approximate surface area is 65.5 Å². The molecule has 0 aliphatic heterocycles. The molecule has 0 radical (unpaired) electrons. The number of rotatable bonds is 2. The van der Waals surface area contributed by atoms with Crippen molar-refractivity contribution in [3.63, 3.8) is 0 Å². The number of aryl methyl sites for hydroxylation is 1. The molecule has 3 heteroatoms. The van der Waals surface area contributed by atoms with Crippen molar-refractivity contribution in [2.24, 2.45) is 0 Å². The molecule has 0 spiro atoms. The number of carbonyl (C=O) groups is 1. The standard InChI is InChI=1S/C8H10N2O/c1-6-4-10-7(5-11)3-8(6)9-2/h3-5H,1-2H3,(H,9,10). The Morgan fingerprint density at radius 2 is 2.36 bits per heavy atom. The Balaban J connectivity index is 3.12. The van der Waals surface area contributed by atoms with Crippen molar-refractivity contribution in [1.82, 2.24) is 4.98 Å². The van der Waals surface area contributed by atoms with E-state index in [0.717, 1.165) is 17.5 Å². The van der Waals surface area contributed by atoms with Crippen LogP contribution >= 0.6 is 0 Å². The van der Waals surface area contributed by atoms with Crippen LogP contribution in [0.15, 0.2) is 12.3 Å². The average molecular weight is 150 g/mol. The van der Waals surface area contributed by atoms with E-state index in [1.165, 1.54) is 0 Å². The average Bonchev–Trinajstić information content (AvgIpc) is 2.05. The van der Waals surface area contributed by atoms with Gasteiger partial charge in [-0.15, -0.1) is 0 Å². The van der Waals surface area contributed by atoms with Gasteiger partial charge in [-0.25, -0.2) is 0 Å². The van der Waals surface area contributed by atoms with Crippen LogP contribution in [0.3, 0.4) is 0 Å². The second-order valence-electron chi connectivity index (χ2n) is 2.29. The topological polar surface area (TPSA) is 42.0 Å². The molecule has 0 aromatic carbocycles. The third-order valence-corrected chi connectivity index (χ3v) is 1.51. The molecule has 1 aromatic heterocycles. The summed E-state index contributed by atoms with van der Waals surface area (Å²) in [6.07, 6.45) is 2.41. The van der Waals surface area contributed by atoms with E-state index in [-0.39, 0.29) is 0 Å². The van der Waals surface area contributed by atoms with Crippen LogP contribution in [0.2, 0.25) is 0 Å². The van der Waals surface area contributed by atoms with Crippen LogP contribution in [0.1, 0.15) is 16.1 Å². The summed E-state index contributed by atoms with van der Waals surface area (Å²) in [5, 5.41) is 2.97. The number of hydrogen-bond donors (Lipinski definition) is 1. The molecule has 0 unspecified atom stereocenters. The van der Waals surface area contributed by atoms with E-state index >= 15 is 0 Å². The van der Waals surface area contributed by atoms with Gasteiger partial charge in [-0.05, 0) is 18.6 Å². The summed E-state index contributed by atoms with van der Waals surface area (Å²) >= 11 is 0. The van der Waals surface area contributed by atoms with Crippen molar-refractivity contribution in [2.75, 3.05) is 12.4 Å². The van der Waals surface area contributed by atoms with Gasteiger partial charge in [0.2, 0.25) is 0 Å². The van der Waals surface area contributed by atoms with Crippen molar-refractivity contribution < 1.29 is 4.79 Å². The number of hydrogen-bond acceptors (Lipinski definition) is 3. The first-order valence-corrected chi connectivity index (χ1v) is 3.37. The third kappa shape index (κ3) is 1.55. The highest BCUT2D eigenvalue weighted by molar-refractivity contribution is 5.74. The smallest absolute Gasteiger partial charge is 0.168 e. The summed E-state index contributed by atoms with van der Waals surface area (Å²) in [4.78, 5) is 14.2. The minimum absolute atomic E-state index is 0.458. The van der Waals surface area contributed by atoms with Crippen LogP contribution in [0.4, 0.5) is 5.69 Å². The highest BCUT2D eigenvalue weighted by Gasteiger charge is 1.97. The highest BCUT2D eigenvalue weighted by atomic mass is 16.1. The molecule has 1 aromatic rings. The van der Waals surface area contributed by atoms with E-state index in [4.69, 9.17) is 0 Å². The first-order chi connectivity index (χ1) is 5.27. The lowest BCUT2D eigenvalue weighted by Gasteiger charge is -2.03. The predicted octanol–water partition coefficient (Wildman–Crippen LogP) is 1.24. The summed E-state index contributed by atoms with van der Waals surface area (Å²) < 4.78 is 0. The minimum atomic E-state index is 0.458. The normalized spacial score (nSPS) is 9.27. The Hall–Kier alpha value is -1.38. The first kappa shape index (κ1) is 7.72. The molecule has 1 N–H and O–H groups in total. The van der Waals surface area contributed by atoms with Crippen molar-refractivity contribution in [2.45, 2.75) is 6.92 Å². The highest BCUT2D eigenvalue weighted by Crippen LogP contribution is 2.12. The molecule has 11 heavy (non-hydrogen) atoms. The van der Waals surface area contributed by atoms with Gasteiger partial charge in [-0.1, -0.05) is 0 Å². The van der Waals surface area contributed by atoms with Gasteiger partial charge in [0.05, 0.1) is 0 Å². The molecule has 0 aliphatic rings. The van der Waals surface area contributed by atoms with Gasteiger partial charge in [-0.2, -0.15) is 0 Å². The SMILES string of the molecule is CNc1cc(C=O)ncc1C. The summed E-state index contributed by atoms with van der Waals surface area (Å²) in [5.41, 5.74) is 2.44. The maximum Gasteiger partial charge on any atom is 0.168 e. The minimum Gasteiger partial charge on any atom is -0.388 e. The Morgan fingerprint density at radius 3 is 2.91 bits per heavy atom. The maximum absolute atomic E-state index is 10.3. The van der Waals surface area contributed by atoms with Gasteiger partial charge in [0.15, 0.2) is 6.29 Å². The lowest BCUT2D eigenvalue weighted by atomic mass is 10.2. The maximum atomic E-state index is 10.3. The summed E-state index contributed by atoms with van der Waals surface area (Å²) in [6, 6.07) is 1.72.